The van der Waals surface area contributed by atoms with Gasteiger partial charge in [0.1, 0.15) is 19.3 Å². The molecule has 0 aromatic rings. The SMILES string of the molecule is CCCCC/C=C\C/C=C\C/C=C\C/C=C\C/C=C\CCC(=O)O[C@H](COC(=O)CCC/C=C\C/C=C\C/C=C\C/C=C\CCCCC)COP(=O)(O)OC[C@@H](O)COP(=O)(O)OC[C@@H](COC(=O)CCCCCCCCCCCCCCCCC)OC(=O)CCCCCCCCCCCCCCCCC. The van der Waals surface area contributed by atoms with E-state index < -0.39 is 97.5 Å². The minimum absolute atomic E-state index is 0.0407. The molecule has 0 aromatic carbocycles. The summed E-state index contributed by atoms with van der Waals surface area (Å²) in [6, 6.07) is 0. The first-order valence-corrected chi connectivity index (χ1v) is 45.1. The van der Waals surface area contributed by atoms with Crippen molar-refractivity contribution in [2.75, 3.05) is 39.6 Å². The summed E-state index contributed by atoms with van der Waals surface area (Å²) >= 11 is 0. The van der Waals surface area contributed by atoms with Crippen LogP contribution in [0.25, 0.3) is 0 Å². The van der Waals surface area contributed by atoms with Gasteiger partial charge in [-0.3, -0.25) is 37.3 Å². The summed E-state index contributed by atoms with van der Waals surface area (Å²) in [6.07, 6.45) is 86.5. The number of allylic oxidation sites excluding steroid dienone is 18. The number of aliphatic hydroxyl groups is 1. The van der Waals surface area contributed by atoms with Gasteiger partial charge in [-0.15, -0.1) is 0 Å². The lowest BCUT2D eigenvalue weighted by Gasteiger charge is -2.21. The summed E-state index contributed by atoms with van der Waals surface area (Å²) in [5, 5.41) is 10.7. The Morgan fingerprint density at radius 1 is 0.264 bits per heavy atom. The summed E-state index contributed by atoms with van der Waals surface area (Å²) in [7, 11) is -9.99. The van der Waals surface area contributed by atoms with E-state index in [0.29, 0.717) is 38.5 Å². The largest absolute Gasteiger partial charge is 0.472 e. The van der Waals surface area contributed by atoms with Gasteiger partial charge in [0, 0.05) is 25.7 Å². The molecule has 2 unspecified atom stereocenters. The van der Waals surface area contributed by atoms with Gasteiger partial charge in [-0.2, -0.15) is 0 Å². The third-order valence-electron chi connectivity index (χ3n) is 17.8. The second-order valence-corrected chi connectivity index (χ2v) is 31.0. The molecule has 0 bridgehead atoms. The third kappa shape index (κ3) is 77.9. The van der Waals surface area contributed by atoms with Crippen LogP contribution < -0.4 is 0 Å². The van der Waals surface area contributed by atoms with Crippen LogP contribution in [-0.2, 0) is 65.4 Å². The number of carbonyl (C=O) groups is 4. The summed E-state index contributed by atoms with van der Waals surface area (Å²) in [5.74, 6) is -2.31. The fourth-order valence-corrected chi connectivity index (χ4v) is 12.9. The van der Waals surface area contributed by atoms with Gasteiger partial charge >= 0.3 is 39.5 Å². The van der Waals surface area contributed by atoms with Gasteiger partial charge in [0.05, 0.1) is 26.4 Å². The quantitative estimate of drug-likeness (QED) is 0.0169. The average Bonchev–Trinajstić information content (AvgIpc) is 0.902. The number of esters is 4. The van der Waals surface area contributed by atoms with Crippen LogP contribution >= 0.6 is 15.6 Å². The first kappa shape index (κ1) is 102. The minimum atomic E-state index is -5.01. The van der Waals surface area contributed by atoms with Gasteiger partial charge in [0.15, 0.2) is 12.2 Å². The number of phosphoric acid groups is 2. The molecule has 0 saturated heterocycles. The maximum absolute atomic E-state index is 13.1. The Hall–Kier alpha value is -4.28. The zero-order chi connectivity index (χ0) is 77.4. The molecule has 0 aliphatic carbocycles. The lowest BCUT2D eigenvalue weighted by Crippen LogP contribution is -2.30. The minimum Gasteiger partial charge on any atom is -0.462 e. The molecule has 0 rings (SSSR count). The van der Waals surface area contributed by atoms with E-state index in [4.69, 9.17) is 37.0 Å². The van der Waals surface area contributed by atoms with Crippen LogP contribution in [0.4, 0.5) is 0 Å². The molecule has 0 aromatic heterocycles. The second-order valence-electron chi connectivity index (χ2n) is 28.1. The summed E-state index contributed by atoms with van der Waals surface area (Å²) in [4.78, 5) is 73.1. The molecule has 0 radical (unpaired) electrons. The van der Waals surface area contributed by atoms with Crippen molar-refractivity contribution in [1.29, 1.82) is 0 Å². The van der Waals surface area contributed by atoms with Crippen molar-refractivity contribution in [3.05, 3.63) is 109 Å². The normalized spacial score (nSPS) is 14.4. The van der Waals surface area contributed by atoms with Gasteiger partial charge in [0.2, 0.25) is 0 Å². The molecule has 5 atom stereocenters. The van der Waals surface area contributed by atoms with Crippen molar-refractivity contribution in [2.24, 2.45) is 0 Å². The van der Waals surface area contributed by atoms with E-state index in [-0.39, 0.29) is 25.7 Å². The second kappa shape index (κ2) is 78.8. The Morgan fingerprint density at radius 2 is 0.491 bits per heavy atom. The Morgan fingerprint density at radius 3 is 0.802 bits per heavy atom. The Labute approximate surface area is 645 Å². The molecule has 0 heterocycles. The molecule has 612 valence electrons. The molecule has 0 amide bonds. The highest BCUT2D eigenvalue weighted by atomic mass is 31.2. The van der Waals surface area contributed by atoms with Crippen LogP contribution in [0.5, 0.6) is 0 Å². The van der Waals surface area contributed by atoms with Crippen molar-refractivity contribution in [1.82, 2.24) is 0 Å². The highest BCUT2D eigenvalue weighted by molar-refractivity contribution is 7.47. The van der Waals surface area contributed by atoms with Crippen LogP contribution in [0, 0.1) is 0 Å². The fourth-order valence-electron chi connectivity index (χ4n) is 11.3. The zero-order valence-corrected chi connectivity index (χ0v) is 68.9. The number of hydrogen-bond acceptors (Lipinski definition) is 15. The predicted molar refractivity (Wildman–Crippen MR) is 436 cm³/mol. The standard InChI is InChI=1S/C87H152O17P2/c1-5-9-13-17-21-25-29-33-37-39-40-42-46-50-54-58-62-66-70-74-87(92)104-83(78-98-85(90)72-68-64-60-56-52-48-45-41-38-34-30-26-22-18-14-10-6-2)80-102-106(95,96)100-76-81(88)75-99-105(93,94)101-79-82(103-86(91)73-69-65-61-57-53-49-44-36-32-28-24-20-16-12-8-4)77-97-84(89)71-67-63-59-55-51-47-43-35-31-27-23-19-15-11-7-3/h21-22,25-26,33-34,37-38,40,42,45,48,50,54,56,60,62,66,81-83,88H,5-20,23-24,27-32,35-36,39,41,43-44,46-47,49,51-53,55,57-59,61,63-65,67-80H2,1-4H3,(H,93,94)(H,95,96)/b25-21-,26-22-,37-33-,38-34-,42-40-,48-45-,54-50-,60-56-,66-62-/t81-,82+,83+/m0/s1. The molecule has 0 saturated carbocycles. The summed E-state index contributed by atoms with van der Waals surface area (Å²) in [5.41, 5.74) is 0. The van der Waals surface area contributed by atoms with Gasteiger partial charge in [0.25, 0.3) is 0 Å². The lowest BCUT2D eigenvalue weighted by molar-refractivity contribution is -0.161. The lowest BCUT2D eigenvalue weighted by atomic mass is 10.0. The van der Waals surface area contributed by atoms with E-state index in [0.717, 1.165) is 96.3 Å². The van der Waals surface area contributed by atoms with Crippen molar-refractivity contribution in [3.8, 4) is 0 Å². The molecule has 19 heteroatoms. The Bertz CT molecular complexity index is 2430. The van der Waals surface area contributed by atoms with E-state index in [1.165, 1.54) is 173 Å². The van der Waals surface area contributed by atoms with Crippen LogP contribution in [0.2, 0.25) is 0 Å². The van der Waals surface area contributed by atoms with Crippen molar-refractivity contribution in [3.63, 3.8) is 0 Å². The summed E-state index contributed by atoms with van der Waals surface area (Å²) in [6.45, 7) is 4.74. The fraction of sp³-hybridized carbons (Fsp3) is 0.747. The van der Waals surface area contributed by atoms with E-state index >= 15 is 0 Å². The highest BCUT2D eigenvalue weighted by Crippen LogP contribution is 2.45. The zero-order valence-electron chi connectivity index (χ0n) is 67.1. The van der Waals surface area contributed by atoms with Crippen LogP contribution in [0.1, 0.15) is 362 Å². The molecular weight excluding hydrogens is 1380 g/mol. The van der Waals surface area contributed by atoms with Gasteiger partial charge in [-0.1, -0.05) is 343 Å². The Balaban J connectivity index is 5.47. The summed E-state index contributed by atoms with van der Waals surface area (Å²) < 4.78 is 68.6. The topological polar surface area (TPSA) is 237 Å². The van der Waals surface area contributed by atoms with Gasteiger partial charge < -0.3 is 33.8 Å². The Kier molecular flexibility index (Phi) is 75.6. The number of ether oxygens (including phenoxy) is 4. The molecule has 0 fully saturated rings. The monoisotopic (exact) mass is 1530 g/mol. The van der Waals surface area contributed by atoms with Crippen molar-refractivity contribution >= 4 is 39.5 Å². The number of unbranched alkanes of at least 4 members (excludes halogenated alkanes) is 35. The van der Waals surface area contributed by atoms with Crippen molar-refractivity contribution in [2.45, 2.75) is 380 Å². The predicted octanol–water partition coefficient (Wildman–Crippen LogP) is 24.9. The third-order valence-corrected chi connectivity index (χ3v) is 19.7. The average molecular weight is 1530 g/mol. The van der Waals surface area contributed by atoms with E-state index in [9.17, 15) is 43.2 Å². The first-order chi connectivity index (χ1) is 51.7. The number of phosphoric ester groups is 2. The first-order valence-electron chi connectivity index (χ1n) is 42.1. The maximum Gasteiger partial charge on any atom is 0.472 e. The molecule has 3 N–H and O–H groups in total. The van der Waals surface area contributed by atoms with E-state index in [2.05, 4.69) is 107 Å². The molecule has 106 heavy (non-hydrogen) atoms. The van der Waals surface area contributed by atoms with Gasteiger partial charge in [-0.25, -0.2) is 9.13 Å². The molecular formula is C87H152O17P2. The molecule has 17 nitrogen and oxygen atoms in total. The van der Waals surface area contributed by atoms with Crippen LogP contribution in [0.3, 0.4) is 0 Å². The molecule has 0 aliphatic heterocycles. The smallest absolute Gasteiger partial charge is 0.462 e. The number of carbonyl (C=O) groups excluding carboxylic acids is 4. The maximum atomic E-state index is 13.1. The van der Waals surface area contributed by atoms with E-state index in [1.54, 1.807) is 0 Å². The molecule has 0 aliphatic rings. The number of rotatable bonds is 79. The van der Waals surface area contributed by atoms with Crippen LogP contribution in [-0.4, -0.2) is 96.7 Å². The van der Waals surface area contributed by atoms with Crippen molar-refractivity contribution < 1.29 is 80.2 Å². The van der Waals surface area contributed by atoms with Gasteiger partial charge in [-0.05, 0) is 103 Å². The number of hydrogen-bond donors (Lipinski definition) is 3. The van der Waals surface area contributed by atoms with Crippen LogP contribution in [0.15, 0.2) is 109 Å². The highest BCUT2D eigenvalue weighted by Gasteiger charge is 2.30. The van der Waals surface area contributed by atoms with E-state index in [1.807, 2.05) is 30.4 Å². The molecule has 0 spiro atoms. The number of aliphatic hydroxyl groups excluding tert-OH is 1.